The van der Waals surface area contributed by atoms with E-state index in [0.29, 0.717) is 16.6 Å². The molecule has 4 rings (SSSR count). The predicted octanol–water partition coefficient (Wildman–Crippen LogP) is 4.63. The fourth-order valence-corrected chi connectivity index (χ4v) is 3.62. The Hall–Kier alpha value is -4.07. The summed E-state index contributed by atoms with van der Waals surface area (Å²) in [5.41, 5.74) is 1.45. The fourth-order valence-electron chi connectivity index (χ4n) is 3.62. The van der Waals surface area contributed by atoms with E-state index in [1.54, 1.807) is 57.4 Å². The molecule has 0 aliphatic heterocycles. The maximum atomic E-state index is 13.1. The summed E-state index contributed by atoms with van der Waals surface area (Å²) >= 11 is 0. The Kier molecular flexibility index (Phi) is 5.22. The monoisotopic (exact) mass is 433 g/mol. The number of nitrogens with zero attached hydrogens (tertiary/aromatic N) is 3. The number of imidazole rings is 1. The molecule has 32 heavy (non-hydrogen) atoms. The average Bonchev–Trinajstić information content (AvgIpc) is 3.31. The Morgan fingerprint density at radius 2 is 1.72 bits per heavy atom. The number of carboxylic acid groups (broad SMARTS) is 1. The Labute approximate surface area is 183 Å². The minimum atomic E-state index is -1.37. The molecule has 0 amide bonds. The molecule has 1 N–H and O–H groups in total. The highest BCUT2D eigenvalue weighted by atomic mass is 16.6. The molecule has 0 aliphatic carbocycles. The summed E-state index contributed by atoms with van der Waals surface area (Å²) < 4.78 is 8.86. The topological polar surface area (TPSA) is 95.5 Å². The van der Waals surface area contributed by atoms with Crippen LogP contribution in [-0.4, -0.2) is 36.6 Å². The van der Waals surface area contributed by atoms with Gasteiger partial charge in [-0.15, -0.1) is 0 Å². The molecule has 2 heterocycles. The van der Waals surface area contributed by atoms with Crippen molar-refractivity contribution in [1.82, 2.24) is 13.7 Å². The third kappa shape index (κ3) is 3.94. The maximum Gasteiger partial charge on any atom is 0.420 e. The van der Waals surface area contributed by atoms with Crippen LogP contribution in [0.4, 0.5) is 9.59 Å². The lowest BCUT2D eigenvalue weighted by molar-refractivity contribution is 0.0537. The summed E-state index contributed by atoms with van der Waals surface area (Å²) in [6, 6.07) is 16.2. The molecule has 0 unspecified atom stereocenters. The van der Waals surface area contributed by atoms with Crippen LogP contribution in [-0.2, 0) is 11.3 Å². The molecule has 164 valence electrons. The van der Waals surface area contributed by atoms with Gasteiger partial charge in [-0.3, -0.25) is 9.13 Å². The van der Waals surface area contributed by atoms with Gasteiger partial charge in [0.15, 0.2) is 0 Å². The van der Waals surface area contributed by atoms with Gasteiger partial charge in [0, 0.05) is 23.5 Å². The van der Waals surface area contributed by atoms with Gasteiger partial charge in [0.25, 0.3) is 0 Å². The van der Waals surface area contributed by atoms with Crippen LogP contribution < -0.4 is 5.69 Å². The van der Waals surface area contributed by atoms with E-state index >= 15 is 0 Å². The van der Waals surface area contributed by atoms with Crippen LogP contribution in [0.1, 0.15) is 26.3 Å². The molecule has 8 heteroatoms. The molecule has 2 aromatic carbocycles. The highest BCUT2D eigenvalue weighted by Gasteiger charge is 2.23. The Morgan fingerprint density at radius 3 is 2.38 bits per heavy atom. The number of fused-ring (bicyclic) bond motifs is 1. The van der Waals surface area contributed by atoms with E-state index in [2.05, 4.69) is 0 Å². The van der Waals surface area contributed by atoms with Crippen molar-refractivity contribution in [2.75, 3.05) is 0 Å². The van der Waals surface area contributed by atoms with Crippen molar-refractivity contribution in [3.8, 4) is 11.1 Å². The quantitative estimate of drug-likeness (QED) is 0.508. The van der Waals surface area contributed by atoms with E-state index in [0.717, 1.165) is 10.1 Å². The zero-order valence-electron chi connectivity index (χ0n) is 18.0. The standard InChI is InChI=1S/C24H23N3O5/c1-24(2,3)32-23(31)25-13-12-17(15-25)18-10-7-11-19-20(18)27(22(29)30)21(28)26(19)14-16-8-5-4-6-9-16/h4-13,15H,14H2,1-3H3,(H,29,30). The second-order valence-electron chi connectivity index (χ2n) is 8.43. The van der Waals surface area contributed by atoms with Crippen molar-refractivity contribution in [3.05, 3.63) is 83.0 Å². The minimum Gasteiger partial charge on any atom is -0.464 e. The second kappa shape index (κ2) is 7.88. The number of aromatic nitrogens is 3. The van der Waals surface area contributed by atoms with Crippen molar-refractivity contribution in [2.24, 2.45) is 0 Å². The minimum absolute atomic E-state index is 0.235. The molecular weight excluding hydrogens is 410 g/mol. The van der Waals surface area contributed by atoms with Crippen LogP contribution in [0.25, 0.3) is 22.2 Å². The summed E-state index contributed by atoms with van der Waals surface area (Å²) in [6.45, 7) is 5.56. The first-order chi connectivity index (χ1) is 15.2. The van der Waals surface area contributed by atoms with Gasteiger partial charge in [-0.2, -0.15) is 4.57 Å². The summed E-state index contributed by atoms with van der Waals surface area (Å²) in [5.74, 6) is 0. The molecule has 0 bridgehead atoms. The van der Waals surface area contributed by atoms with Crippen molar-refractivity contribution < 1.29 is 19.4 Å². The molecule has 0 atom stereocenters. The molecule has 2 aromatic heterocycles. The molecule has 8 nitrogen and oxygen atoms in total. The van der Waals surface area contributed by atoms with Gasteiger partial charge in [-0.25, -0.2) is 14.4 Å². The lowest BCUT2D eigenvalue weighted by Gasteiger charge is -2.19. The first kappa shape index (κ1) is 21.2. The van der Waals surface area contributed by atoms with Crippen LogP contribution in [0.15, 0.2) is 71.8 Å². The number of para-hydroxylation sites is 1. The molecule has 0 spiro atoms. The number of carbonyl (C=O) groups is 2. The first-order valence-electron chi connectivity index (χ1n) is 10.1. The number of carbonyl (C=O) groups excluding carboxylic acids is 1. The van der Waals surface area contributed by atoms with Crippen LogP contribution in [0.2, 0.25) is 0 Å². The van der Waals surface area contributed by atoms with E-state index in [4.69, 9.17) is 4.74 Å². The molecular formula is C24H23N3O5. The van der Waals surface area contributed by atoms with Crippen LogP contribution in [0.3, 0.4) is 0 Å². The molecule has 0 radical (unpaired) electrons. The maximum absolute atomic E-state index is 13.1. The lowest BCUT2D eigenvalue weighted by Crippen LogP contribution is -2.28. The molecule has 0 saturated carbocycles. The first-order valence-corrected chi connectivity index (χ1v) is 10.1. The zero-order chi connectivity index (χ0) is 23.0. The van der Waals surface area contributed by atoms with E-state index in [1.165, 1.54) is 9.13 Å². The van der Waals surface area contributed by atoms with Gasteiger partial charge in [0.1, 0.15) is 5.60 Å². The highest BCUT2D eigenvalue weighted by molar-refractivity contribution is 5.97. The van der Waals surface area contributed by atoms with Gasteiger partial charge < -0.3 is 9.84 Å². The van der Waals surface area contributed by atoms with E-state index in [9.17, 15) is 19.5 Å². The summed E-state index contributed by atoms with van der Waals surface area (Å²) in [4.78, 5) is 37.5. The van der Waals surface area contributed by atoms with Crippen molar-refractivity contribution in [1.29, 1.82) is 0 Å². The van der Waals surface area contributed by atoms with E-state index in [1.807, 2.05) is 30.3 Å². The van der Waals surface area contributed by atoms with E-state index < -0.39 is 23.5 Å². The Morgan fingerprint density at radius 1 is 1.00 bits per heavy atom. The fraction of sp³-hybridized carbons (Fsp3) is 0.208. The van der Waals surface area contributed by atoms with Crippen molar-refractivity contribution in [3.63, 3.8) is 0 Å². The van der Waals surface area contributed by atoms with Gasteiger partial charge in [-0.05, 0) is 38.5 Å². The van der Waals surface area contributed by atoms with Gasteiger partial charge in [0.2, 0.25) is 0 Å². The third-order valence-electron chi connectivity index (χ3n) is 4.93. The van der Waals surface area contributed by atoms with Crippen molar-refractivity contribution >= 4 is 23.2 Å². The van der Waals surface area contributed by atoms with Gasteiger partial charge in [0.05, 0.1) is 17.6 Å². The van der Waals surface area contributed by atoms with Crippen LogP contribution >= 0.6 is 0 Å². The summed E-state index contributed by atoms with van der Waals surface area (Å²) in [6.07, 6.45) is 1.19. The second-order valence-corrected chi connectivity index (χ2v) is 8.43. The van der Waals surface area contributed by atoms with Gasteiger partial charge in [-0.1, -0.05) is 42.5 Å². The van der Waals surface area contributed by atoms with Crippen molar-refractivity contribution in [2.45, 2.75) is 32.9 Å². The van der Waals surface area contributed by atoms with Crippen LogP contribution in [0.5, 0.6) is 0 Å². The molecule has 0 aliphatic rings. The number of hydrogen-bond acceptors (Lipinski definition) is 4. The molecule has 4 aromatic rings. The highest BCUT2D eigenvalue weighted by Crippen LogP contribution is 2.29. The number of rotatable bonds is 3. The largest absolute Gasteiger partial charge is 0.464 e. The predicted molar refractivity (Wildman–Crippen MR) is 120 cm³/mol. The molecule has 0 fully saturated rings. The molecule has 0 saturated heterocycles. The average molecular weight is 433 g/mol. The summed E-state index contributed by atoms with van der Waals surface area (Å²) in [7, 11) is 0. The smallest absolute Gasteiger partial charge is 0.420 e. The van der Waals surface area contributed by atoms with Crippen LogP contribution in [0, 0.1) is 0 Å². The zero-order valence-corrected chi connectivity index (χ0v) is 18.0. The normalized spacial score (nSPS) is 11.6. The van der Waals surface area contributed by atoms with E-state index in [-0.39, 0.29) is 12.1 Å². The number of ether oxygens (including phenoxy) is 1. The Balaban J connectivity index is 1.86. The SMILES string of the molecule is CC(C)(C)OC(=O)n1ccc(-c2cccc3c2n(C(=O)O)c(=O)n3Cc2ccccc2)c1. The Bertz CT molecular complexity index is 1370. The van der Waals surface area contributed by atoms with Gasteiger partial charge >= 0.3 is 17.9 Å². The lowest BCUT2D eigenvalue weighted by atomic mass is 10.1. The summed E-state index contributed by atoms with van der Waals surface area (Å²) in [5, 5.41) is 9.81. The third-order valence-corrected chi connectivity index (χ3v) is 4.93. The number of hydrogen-bond donors (Lipinski definition) is 1. The number of benzene rings is 2.